The van der Waals surface area contributed by atoms with Crippen LogP contribution in [0.2, 0.25) is 0 Å². The molecule has 1 saturated carbocycles. The average molecular weight is 448 g/mol. The summed E-state index contributed by atoms with van der Waals surface area (Å²) < 4.78 is 12.5. The molecule has 0 atom stereocenters. The first-order valence-corrected chi connectivity index (χ1v) is 10.8. The number of Topliss-reactive ketones (excluding diaryl/α,β-unsaturated/α-hetero) is 1. The minimum atomic E-state index is -0.202. The van der Waals surface area contributed by atoms with E-state index in [1.165, 1.54) is 12.8 Å². The van der Waals surface area contributed by atoms with E-state index >= 15 is 0 Å². The van der Waals surface area contributed by atoms with Crippen LogP contribution in [0.5, 0.6) is 0 Å². The molecule has 1 fully saturated rings. The Bertz CT molecular complexity index is 829. The topological polar surface area (TPSA) is 52.3 Å². The molecule has 1 aromatic heterocycles. The van der Waals surface area contributed by atoms with Crippen molar-refractivity contribution >= 4 is 21.7 Å². The molecule has 1 aliphatic rings. The molecule has 2 aromatic rings. The highest BCUT2D eigenvalue weighted by molar-refractivity contribution is 9.10. The lowest BCUT2D eigenvalue weighted by atomic mass is 9.86. The molecule has 0 unspecified atom stereocenters. The van der Waals surface area contributed by atoms with Crippen LogP contribution in [0.3, 0.4) is 0 Å². The zero-order valence-electron chi connectivity index (χ0n) is 17.3. The van der Waals surface area contributed by atoms with Crippen LogP contribution in [-0.4, -0.2) is 16.5 Å². The fourth-order valence-corrected chi connectivity index (χ4v) is 4.08. The van der Waals surface area contributed by atoms with Gasteiger partial charge < -0.3 is 9.26 Å². The monoisotopic (exact) mass is 447 g/mol. The molecule has 0 bridgehead atoms. The Morgan fingerprint density at radius 1 is 1.21 bits per heavy atom. The van der Waals surface area contributed by atoms with Crippen molar-refractivity contribution in [2.24, 2.45) is 0 Å². The zero-order chi connectivity index (χ0) is 20.4. The van der Waals surface area contributed by atoms with Crippen LogP contribution in [0.25, 0.3) is 0 Å². The fraction of sp³-hybridized carbons (Fsp3) is 0.565. The summed E-state index contributed by atoms with van der Waals surface area (Å²) in [5.74, 6) is 1.07. The summed E-state index contributed by atoms with van der Waals surface area (Å²) in [7, 11) is 0. The summed E-state index contributed by atoms with van der Waals surface area (Å²) >= 11 is 3.57. The van der Waals surface area contributed by atoms with Crippen LogP contribution < -0.4 is 0 Å². The van der Waals surface area contributed by atoms with Gasteiger partial charge in [-0.1, -0.05) is 53.0 Å². The molecule has 152 valence electrons. The van der Waals surface area contributed by atoms with Crippen molar-refractivity contribution in [1.82, 2.24) is 5.16 Å². The second-order valence-electron chi connectivity index (χ2n) is 9.17. The molecule has 0 spiro atoms. The van der Waals surface area contributed by atoms with Crippen molar-refractivity contribution in [3.8, 4) is 0 Å². The predicted molar refractivity (Wildman–Crippen MR) is 113 cm³/mol. The number of carbonyl (C=O) groups excluding carboxylic acids is 1. The number of aromatic nitrogens is 1. The van der Waals surface area contributed by atoms with E-state index in [2.05, 4.69) is 28.0 Å². The Morgan fingerprint density at radius 2 is 1.93 bits per heavy atom. The van der Waals surface area contributed by atoms with Gasteiger partial charge in [0.15, 0.2) is 0 Å². The van der Waals surface area contributed by atoms with Gasteiger partial charge in [0.05, 0.1) is 24.3 Å². The van der Waals surface area contributed by atoms with E-state index in [-0.39, 0.29) is 16.8 Å². The van der Waals surface area contributed by atoms with E-state index in [1.54, 1.807) is 0 Å². The Hall–Kier alpha value is -1.46. The molecule has 5 heteroatoms. The van der Waals surface area contributed by atoms with Crippen LogP contribution in [0.15, 0.2) is 33.3 Å². The zero-order valence-corrected chi connectivity index (χ0v) is 18.9. The summed E-state index contributed by atoms with van der Waals surface area (Å²) in [6, 6.07) is 7.99. The Balaban J connectivity index is 1.61. The first-order valence-electron chi connectivity index (χ1n) is 10.0. The van der Waals surface area contributed by atoms with Gasteiger partial charge >= 0.3 is 0 Å². The van der Waals surface area contributed by atoms with Crippen molar-refractivity contribution < 1.29 is 14.1 Å². The van der Waals surface area contributed by atoms with Gasteiger partial charge in [-0.25, -0.2) is 0 Å². The largest absolute Gasteiger partial charge is 0.371 e. The van der Waals surface area contributed by atoms with E-state index in [9.17, 15) is 4.79 Å². The van der Waals surface area contributed by atoms with Gasteiger partial charge in [-0.15, -0.1) is 0 Å². The van der Waals surface area contributed by atoms with Gasteiger partial charge in [-0.3, -0.25) is 4.79 Å². The second kappa shape index (κ2) is 8.50. The third-order valence-electron chi connectivity index (χ3n) is 5.41. The Labute approximate surface area is 176 Å². The number of hydrogen-bond donors (Lipinski definition) is 0. The molecule has 0 N–H and O–H groups in total. The van der Waals surface area contributed by atoms with E-state index in [1.807, 2.05) is 45.0 Å². The fourth-order valence-electron chi connectivity index (χ4n) is 3.72. The average Bonchev–Trinajstić information content (AvgIpc) is 3.25. The number of hydrogen-bond acceptors (Lipinski definition) is 4. The highest BCUT2D eigenvalue weighted by Crippen LogP contribution is 2.40. The summed E-state index contributed by atoms with van der Waals surface area (Å²) in [4.78, 5) is 12.6. The first kappa shape index (κ1) is 21.3. The lowest BCUT2D eigenvalue weighted by Gasteiger charge is -2.20. The first-order chi connectivity index (χ1) is 13.1. The van der Waals surface area contributed by atoms with Crippen LogP contribution in [-0.2, 0) is 34.4 Å². The van der Waals surface area contributed by atoms with E-state index < -0.39 is 0 Å². The van der Waals surface area contributed by atoms with Gasteiger partial charge in [0.2, 0.25) is 0 Å². The number of ether oxygens (including phenoxy) is 1. The maximum Gasteiger partial charge on any atom is 0.143 e. The number of halogens is 1. The van der Waals surface area contributed by atoms with Gasteiger partial charge in [0, 0.05) is 22.4 Å². The molecule has 0 amide bonds. The van der Waals surface area contributed by atoms with Crippen LogP contribution in [0.4, 0.5) is 0 Å². The van der Waals surface area contributed by atoms with E-state index in [4.69, 9.17) is 9.26 Å². The SMILES string of the molecule is CC(C)(C)OCc1cc(CC(=O)Cc2cc(C3(C)CCCC3)on2)ccc1Br. The summed E-state index contributed by atoms with van der Waals surface area (Å²) in [6.07, 6.45) is 5.42. The predicted octanol–water partition coefficient (Wildman–Crippen LogP) is 5.94. The van der Waals surface area contributed by atoms with Gasteiger partial charge in [-0.2, -0.15) is 0 Å². The lowest BCUT2D eigenvalue weighted by Crippen LogP contribution is -2.19. The number of nitrogens with zero attached hydrogens (tertiary/aromatic N) is 1. The standard InChI is InChI=1S/C23H30BrNO3/c1-22(2,3)27-15-17-11-16(7-8-20(17)24)12-19(26)13-18-14-21(28-25-18)23(4)9-5-6-10-23/h7-8,11,14H,5-6,9-10,12-13,15H2,1-4H3. The quantitative estimate of drug-likeness (QED) is 0.526. The Morgan fingerprint density at radius 3 is 2.61 bits per heavy atom. The number of benzene rings is 1. The van der Waals surface area contributed by atoms with Crippen LogP contribution in [0, 0.1) is 0 Å². The lowest BCUT2D eigenvalue weighted by molar-refractivity contribution is -0.117. The van der Waals surface area contributed by atoms with Gasteiger partial charge in [0.25, 0.3) is 0 Å². The van der Waals surface area contributed by atoms with E-state index in [0.717, 1.165) is 39.9 Å². The molecular formula is C23H30BrNO3. The number of carbonyl (C=O) groups is 1. The summed E-state index contributed by atoms with van der Waals surface area (Å²) in [6.45, 7) is 8.85. The summed E-state index contributed by atoms with van der Waals surface area (Å²) in [5, 5.41) is 4.15. The normalized spacial score (nSPS) is 16.5. The third-order valence-corrected chi connectivity index (χ3v) is 6.18. The molecule has 1 heterocycles. The number of rotatable bonds is 7. The highest BCUT2D eigenvalue weighted by Gasteiger charge is 2.34. The Kier molecular flexibility index (Phi) is 6.45. The molecule has 0 saturated heterocycles. The molecule has 1 aromatic carbocycles. The van der Waals surface area contributed by atoms with E-state index in [0.29, 0.717) is 19.4 Å². The highest BCUT2D eigenvalue weighted by atomic mass is 79.9. The minimum Gasteiger partial charge on any atom is -0.371 e. The van der Waals surface area contributed by atoms with Crippen molar-refractivity contribution in [2.45, 2.75) is 83.8 Å². The van der Waals surface area contributed by atoms with Crippen molar-refractivity contribution in [2.75, 3.05) is 0 Å². The molecule has 28 heavy (non-hydrogen) atoms. The minimum absolute atomic E-state index is 0.0853. The molecular weight excluding hydrogens is 418 g/mol. The second-order valence-corrected chi connectivity index (χ2v) is 10.0. The summed E-state index contributed by atoms with van der Waals surface area (Å²) in [5.41, 5.74) is 2.67. The maximum absolute atomic E-state index is 12.6. The third kappa shape index (κ3) is 5.54. The number of ketones is 1. The van der Waals surface area contributed by atoms with Crippen molar-refractivity contribution in [3.63, 3.8) is 0 Å². The maximum atomic E-state index is 12.6. The van der Waals surface area contributed by atoms with Crippen LogP contribution in [0.1, 0.15) is 76.0 Å². The van der Waals surface area contributed by atoms with Gasteiger partial charge in [0.1, 0.15) is 11.5 Å². The van der Waals surface area contributed by atoms with Gasteiger partial charge in [-0.05, 0) is 50.8 Å². The molecule has 0 aliphatic heterocycles. The molecule has 4 nitrogen and oxygen atoms in total. The smallest absolute Gasteiger partial charge is 0.143 e. The molecule has 3 rings (SSSR count). The molecule has 1 aliphatic carbocycles. The van der Waals surface area contributed by atoms with Crippen LogP contribution >= 0.6 is 15.9 Å². The molecule has 0 radical (unpaired) electrons. The van der Waals surface area contributed by atoms with Crippen molar-refractivity contribution in [1.29, 1.82) is 0 Å². The van der Waals surface area contributed by atoms with Crippen molar-refractivity contribution in [3.05, 3.63) is 51.3 Å².